The van der Waals surface area contributed by atoms with Gasteiger partial charge in [0.25, 0.3) is 0 Å². The van der Waals surface area contributed by atoms with E-state index in [2.05, 4.69) is 26.2 Å². The minimum absolute atomic E-state index is 0.0251. The van der Waals surface area contributed by atoms with Gasteiger partial charge in [-0.25, -0.2) is 4.98 Å². The second kappa shape index (κ2) is 4.61. The third-order valence-electron chi connectivity index (χ3n) is 1.90. The highest BCUT2D eigenvalue weighted by atomic mass is 79.9. The van der Waals surface area contributed by atoms with Gasteiger partial charge in [0.1, 0.15) is 5.01 Å². The Hall–Kier alpha value is -0.420. The number of nitrogens with one attached hydrogen (secondary N) is 1. The summed E-state index contributed by atoms with van der Waals surface area (Å²) < 4.78 is -0.534. The van der Waals surface area contributed by atoms with E-state index in [-0.39, 0.29) is 11.9 Å². The molecule has 0 spiro atoms. The number of hydrogen-bond acceptors (Lipinski definition) is 3. The lowest BCUT2D eigenvalue weighted by Crippen LogP contribution is -2.38. The van der Waals surface area contributed by atoms with Crippen LogP contribution in [0.25, 0.3) is 0 Å². The SMILES string of the molecule is Cc1cnc(C(C)NC(=O)C(C)(C)Br)s1. The highest BCUT2D eigenvalue weighted by Crippen LogP contribution is 2.21. The van der Waals surface area contributed by atoms with Crippen LogP contribution >= 0.6 is 27.3 Å². The van der Waals surface area contributed by atoms with Crippen LogP contribution in [0.3, 0.4) is 0 Å². The van der Waals surface area contributed by atoms with Gasteiger partial charge >= 0.3 is 0 Å². The molecule has 15 heavy (non-hydrogen) atoms. The first-order valence-corrected chi connectivity index (χ1v) is 6.34. The van der Waals surface area contributed by atoms with Gasteiger partial charge in [0.2, 0.25) is 5.91 Å². The molecular weight excluding hydrogens is 276 g/mol. The summed E-state index contributed by atoms with van der Waals surface area (Å²) in [6.07, 6.45) is 1.82. The molecule has 1 heterocycles. The van der Waals surface area contributed by atoms with Gasteiger partial charge in [-0.2, -0.15) is 0 Å². The lowest BCUT2D eigenvalue weighted by molar-refractivity contribution is -0.123. The molecule has 0 saturated carbocycles. The summed E-state index contributed by atoms with van der Waals surface area (Å²) in [4.78, 5) is 17.1. The summed E-state index contributed by atoms with van der Waals surface area (Å²) in [5.41, 5.74) is 0. The van der Waals surface area contributed by atoms with Crippen molar-refractivity contribution < 1.29 is 4.79 Å². The van der Waals surface area contributed by atoms with Crippen molar-refractivity contribution in [3.63, 3.8) is 0 Å². The van der Waals surface area contributed by atoms with Gasteiger partial charge in [-0.15, -0.1) is 11.3 Å². The molecule has 0 radical (unpaired) electrons. The summed E-state index contributed by atoms with van der Waals surface area (Å²) in [6, 6.07) is -0.0342. The van der Waals surface area contributed by atoms with Gasteiger partial charge in [0.15, 0.2) is 0 Å². The van der Waals surface area contributed by atoms with Crippen LogP contribution in [0.4, 0.5) is 0 Å². The Bertz CT molecular complexity index is 357. The zero-order chi connectivity index (χ0) is 11.6. The number of carbonyl (C=O) groups excluding carboxylic acids is 1. The molecule has 84 valence electrons. The van der Waals surface area contributed by atoms with E-state index < -0.39 is 4.32 Å². The van der Waals surface area contributed by atoms with Crippen LogP contribution in [-0.4, -0.2) is 15.2 Å². The van der Waals surface area contributed by atoms with Gasteiger partial charge in [-0.3, -0.25) is 4.79 Å². The second-order valence-corrected chi connectivity index (χ2v) is 7.23. The van der Waals surface area contributed by atoms with E-state index in [1.807, 2.05) is 33.9 Å². The summed E-state index contributed by atoms with van der Waals surface area (Å²) in [5.74, 6) is -0.0251. The molecule has 0 saturated heterocycles. The van der Waals surface area contributed by atoms with E-state index in [0.717, 1.165) is 9.88 Å². The second-order valence-electron chi connectivity index (χ2n) is 3.98. The smallest absolute Gasteiger partial charge is 0.236 e. The first-order chi connectivity index (χ1) is 6.80. The summed E-state index contributed by atoms with van der Waals surface area (Å²) in [5, 5.41) is 3.85. The Labute approximate surface area is 102 Å². The van der Waals surface area contributed by atoms with E-state index >= 15 is 0 Å². The van der Waals surface area contributed by atoms with Gasteiger partial charge in [-0.1, -0.05) is 15.9 Å². The van der Waals surface area contributed by atoms with E-state index in [9.17, 15) is 4.79 Å². The highest BCUT2D eigenvalue weighted by molar-refractivity contribution is 9.10. The van der Waals surface area contributed by atoms with Crippen LogP contribution in [-0.2, 0) is 4.79 Å². The summed E-state index contributed by atoms with van der Waals surface area (Å²) in [6.45, 7) is 7.59. The van der Waals surface area contributed by atoms with Gasteiger partial charge < -0.3 is 5.32 Å². The fraction of sp³-hybridized carbons (Fsp3) is 0.600. The van der Waals surface area contributed by atoms with E-state index in [1.165, 1.54) is 0 Å². The highest BCUT2D eigenvalue weighted by Gasteiger charge is 2.25. The zero-order valence-corrected chi connectivity index (χ0v) is 11.7. The lowest BCUT2D eigenvalue weighted by atomic mass is 10.2. The number of amides is 1. The van der Waals surface area contributed by atoms with Crippen LogP contribution < -0.4 is 5.32 Å². The van der Waals surface area contributed by atoms with Crippen molar-refractivity contribution in [1.82, 2.24) is 10.3 Å². The molecule has 1 N–H and O–H groups in total. The predicted octanol–water partition coefficient (Wildman–Crippen LogP) is 2.80. The van der Waals surface area contributed by atoms with Gasteiger partial charge in [0, 0.05) is 11.1 Å². The van der Waals surface area contributed by atoms with Crippen LogP contribution in [0.15, 0.2) is 6.20 Å². The van der Waals surface area contributed by atoms with Crippen LogP contribution in [0.2, 0.25) is 0 Å². The largest absolute Gasteiger partial charge is 0.346 e. The molecule has 5 heteroatoms. The number of carbonyl (C=O) groups is 1. The fourth-order valence-electron chi connectivity index (χ4n) is 1.00. The standard InChI is InChI=1S/C10H15BrN2OS/c1-6-5-12-8(15-6)7(2)13-9(14)10(3,4)11/h5,7H,1-4H3,(H,13,14). The number of alkyl halides is 1. The predicted molar refractivity (Wildman–Crippen MR) is 66.4 cm³/mol. The number of halogens is 1. The number of aryl methyl sites for hydroxylation is 1. The molecular formula is C10H15BrN2OS. The first-order valence-electron chi connectivity index (χ1n) is 4.73. The van der Waals surface area contributed by atoms with Crippen molar-refractivity contribution in [2.75, 3.05) is 0 Å². The van der Waals surface area contributed by atoms with E-state index in [0.29, 0.717) is 0 Å². The molecule has 1 atom stereocenters. The minimum Gasteiger partial charge on any atom is -0.346 e. The number of thiazole rings is 1. The van der Waals surface area contributed by atoms with Crippen LogP contribution in [0.5, 0.6) is 0 Å². The normalized spacial score (nSPS) is 13.7. The molecule has 0 fully saturated rings. The Balaban J connectivity index is 2.64. The van der Waals surface area contributed by atoms with Gasteiger partial charge in [0.05, 0.1) is 10.4 Å². The first kappa shape index (κ1) is 12.6. The average Bonchev–Trinajstić information content (AvgIpc) is 2.50. The molecule has 0 bridgehead atoms. The maximum Gasteiger partial charge on any atom is 0.236 e. The Morgan fingerprint density at radius 3 is 2.67 bits per heavy atom. The third kappa shape index (κ3) is 3.57. The fourth-order valence-corrected chi connectivity index (χ4v) is 1.89. The molecule has 0 aliphatic rings. The molecule has 1 aromatic heterocycles. The topological polar surface area (TPSA) is 42.0 Å². The van der Waals surface area contributed by atoms with Crippen LogP contribution in [0.1, 0.15) is 36.7 Å². The monoisotopic (exact) mass is 290 g/mol. The molecule has 1 amide bonds. The summed E-state index contributed by atoms with van der Waals surface area (Å²) >= 11 is 4.93. The van der Waals surface area contributed by atoms with E-state index in [4.69, 9.17) is 0 Å². The van der Waals surface area contributed by atoms with Crippen molar-refractivity contribution >= 4 is 33.2 Å². The molecule has 3 nitrogen and oxygen atoms in total. The van der Waals surface area contributed by atoms with Gasteiger partial charge in [-0.05, 0) is 27.7 Å². The zero-order valence-electron chi connectivity index (χ0n) is 9.30. The number of hydrogen-bond donors (Lipinski definition) is 1. The quantitative estimate of drug-likeness (QED) is 0.870. The van der Waals surface area contributed by atoms with Crippen molar-refractivity contribution in [3.05, 3.63) is 16.1 Å². The maximum atomic E-state index is 11.7. The number of nitrogens with zero attached hydrogens (tertiary/aromatic N) is 1. The number of rotatable bonds is 3. The Morgan fingerprint density at radius 1 is 1.67 bits per heavy atom. The average molecular weight is 291 g/mol. The molecule has 1 unspecified atom stereocenters. The minimum atomic E-state index is -0.534. The molecule has 0 aliphatic heterocycles. The number of aromatic nitrogens is 1. The molecule has 0 aromatic carbocycles. The van der Waals surface area contributed by atoms with Crippen molar-refractivity contribution in [2.24, 2.45) is 0 Å². The Kier molecular flexibility index (Phi) is 3.89. The van der Waals surface area contributed by atoms with Crippen molar-refractivity contribution in [3.8, 4) is 0 Å². The maximum absolute atomic E-state index is 11.7. The van der Waals surface area contributed by atoms with Crippen molar-refractivity contribution in [2.45, 2.75) is 38.1 Å². The van der Waals surface area contributed by atoms with Crippen LogP contribution in [0, 0.1) is 6.92 Å². The molecule has 1 aromatic rings. The van der Waals surface area contributed by atoms with E-state index in [1.54, 1.807) is 11.3 Å². The Morgan fingerprint density at radius 2 is 2.27 bits per heavy atom. The summed E-state index contributed by atoms with van der Waals surface area (Å²) in [7, 11) is 0. The van der Waals surface area contributed by atoms with Crippen molar-refractivity contribution in [1.29, 1.82) is 0 Å². The third-order valence-corrected chi connectivity index (χ3v) is 3.35. The molecule has 1 rings (SSSR count). The lowest BCUT2D eigenvalue weighted by Gasteiger charge is -2.19. The molecule has 0 aliphatic carbocycles.